The zero-order chi connectivity index (χ0) is 14.5. The van der Waals surface area contributed by atoms with Crippen molar-refractivity contribution in [3.63, 3.8) is 0 Å². The standard InChI is InChI=1S/C14H16IN3OS/c1-3-9(4-2)13-17-18-14(20-13)16-12(19)10-5-7-11(15)8-6-10/h5-9H,3-4H2,1-2H3,(H,16,18,19). The van der Waals surface area contributed by atoms with Crippen molar-refractivity contribution in [2.24, 2.45) is 0 Å². The van der Waals surface area contributed by atoms with Gasteiger partial charge >= 0.3 is 0 Å². The maximum absolute atomic E-state index is 12.1. The molecule has 0 bridgehead atoms. The van der Waals surface area contributed by atoms with E-state index in [4.69, 9.17) is 0 Å². The lowest BCUT2D eigenvalue weighted by atomic mass is 10.1. The minimum atomic E-state index is -0.145. The molecule has 1 amide bonds. The van der Waals surface area contributed by atoms with Crippen LogP contribution in [0.1, 0.15) is 48.0 Å². The molecular formula is C14H16IN3OS. The van der Waals surface area contributed by atoms with E-state index < -0.39 is 0 Å². The summed E-state index contributed by atoms with van der Waals surface area (Å²) in [6.45, 7) is 4.28. The molecule has 4 nitrogen and oxygen atoms in total. The minimum Gasteiger partial charge on any atom is -0.296 e. The van der Waals surface area contributed by atoms with Crippen molar-refractivity contribution in [2.75, 3.05) is 5.32 Å². The number of amides is 1. The Morgan fingerprint density at radius 1 is 1.25 bits per heavy atom. The molecule has 0 saturated heterocycles. The van der Waals surface area contributed by atoms with Gasteiger partial charge in [0.2, 0.25) is 5.13 Å². The number of benzene rings is 1. The largest absolute Gasteiger partial charge is 0.296 e. The Kier molecular flexibility index (Phi) is 5.47. The van der Waals surface area contributed by atoms with E-state index in [1.807, 2.05) is 12.1 Å². The fraction of sp³-hybridized carbons (Fsp3) is 0.357. The first-order valence-corrected chi connectivity index (χ1v) is 8.43. The van der Waals surface area contributed by atoms with Gasteiger partial charge in [-0.05, 0) is 59.7 Å². The fourth-order valence-corrected chi connectivity index (χ4v) is 3.22. The Morgan fingerprint density at radius 3 is 2.50 bits per heavy atom. The van der Waals surface area contributed by atoms with E-state index in [-0.39, 0.29) is 5.91 Å². The van der Waals surface area contributed by atoms with Gasteiger partial charge in [-0.15, -0.1) is 10.2 Å². The van der Waals surface area contributed by atoms with Crippen molar-refractivity contribution in [1.29, 1.82) is 0 Å². The average molecular weight is 401 g/mol. The number of anilines is 1. The van der Waals surface area contributed by atoms with Gasteiger partial charge in [0.1, 0.15) is 5.01 Å². The number of nitrogens with zero attached hydrogens (tertiary/aromatic N) is 2. The first kappa shape index (κ1) is 15.4. The third-order valence-corrected chi connectivity index (χ3v) is 4.82. The molecule has 1 aromatic carbocycles. The van der Waals surface area contributed by atoms with Gasteiger partial charge in [0, 0.05) is 15.1 Å². The number of aromatic nitrogens is 2. The van der Waals surface area contributed by atoms with Crippen LogP contribution in [0, 0.1) is 3.57 Å². The first-order valence-electron chi connectivity index (χ1n) is 6.54. The summed E-state index contributed by atoms with van der Waals surface area (Å²) < 4.78 is 1.10. The van der Waals surface area contributed by atoms with Gasteiger partial charge in [0.15, 0.2) is 0 Å². The van der Waals surface area contributed by atoms with E-state index in [9.17, 15) is 4.79 Å². The summed E-state index contributed by atoms with van der Waals surface area (Å²) in [6.07, 6.45) is 2.08. The fourth-order valence-electron chi connectivity index (χ4n) is 1.86. The van der Waals surface area contributed by atoms with Gasteiger partial charge in [-0.1, -0.05) is 25.2 Å². The molecule has 2 rings (SSSR count). The third-order valence-electron chi connectivity index (χ3n) is 3.10. The molecule has 0 aliphatic carbocycles. The number of rotatable bonds is 5. The predicted octanol–water partition coefficient (Wildman–Crippen LogP) is 4.30. The second kappa shape index (κ2) is 7.12. The Balaban J connectivity index is 2.06. The van der Waals surface area contributed by atoms with Crippen LogP contribution in [0.25, 0.3) is 0 Å². The molecule has 0 saturated carbocycles. The topological polar surface area (TPSA) is 54.9 Å². The summed E-state index contributed by atoms with van der Waals surface area (Å²) in [5, 5.41) is 12.6. The molecule has 0 fully saturated rings. The second-order valence-electron chi connectivity index (χ2n) is 4.42. The number of halogens is 1. The molecule has 1 N–H and O–H groups in total. The summed E-state index contributed by atoms with van der Waals surface area (Å²) in [5.41, 5.74) is 0.629. The van der Waals surface area contributed by atoms with Crippen LogP contribution in [-0.4, -0.2) is 16.1 Å². The van der Waals surface area contributed by atoms with E-state index in [1.165, 1.54) is 11.3 Å². The molecule has 20 heavy (non-hydrogen) atoms. The van der Waals surface area contributed by atoms with Gasteiger partial charge in [0.05, 0.1) is 0 Å². The third kappa shape index (κ3) is 3.76. The van der Waals surface area contributed by atoms with Crippen molar-refractivity contribution < 1.29 is 4.79 Å². The van der Waals surface area contributed by atoms with Crippen LogP contribution in [0.3, 0.4) is 0 Å². The molecule has 0 radical (unpaired) electrons. The average Bonchev–Trinajstić information content (AvgIpc) is 2.89. The Hall–Kier alpha value is -1.02. The summed E-state index contributed by atoms with van der Waals surface area (Å²) in [4.78, 5) is 12.1. The van der Waals surface area contributed by atoms with E-state index in [0.717, 1.165) is 21.4 Å². The molecule has 6 heteroatoms. The van der Waals surface area contributed by atoms with Crippen molar-refractivity contribution in [1.82, 2.24) is 10.2 Å². The van der Waals surface area contributed by atoms with Crippen molar-refractivity contribution in [3.8, 4) is 0 Å². The van der Waals surface area contributed by atoms with Crippen molar-refractivity contribution in [3.05, 3.63) is 38.4 Å². The highest BCUT2D eigenvalue weighted by Crippen LogP contribution is 2.28. The minimum absolute atomic E-state index is 0.145. The zero-order valence-electron chi connectivity index (χ0n) is 11.4. The molecule has 0 unspecified atom stereocenters. The first-order chi connectivity index (χ1) is 9.63. The van der Waals surface area contributed by atoms with Crippen LogP contribution in [0.15, 0.2) is 24.3 Å². The Labute approximate surface area is 136 Å². The summed E-state index contributed by atoms with van der Waals surface area (Å²) >= 11 is 3.67. The molecular weight excluding hydrogens is 385 g/mol. The second-order valence-corrected chi connectivity index (χ2v) is 6.67. The molecule has 0 spiro atoms. The highest BCUT2D eigenvalue weighted by atomic mass is 127. The zero-order valence-corrected chi connectivity index (χ0v) is 14.4. The number of hydrogen-bond donors (Lipinski definition) is 1. The van der Waals surface area contributed by atoms with Gasteiger partial charge < -0.3 is 0 Å². The van der Waals surface area contributed by atoms with Crippen molar-refractivity contribution in [2.45, 2.75) is 32.6 Å². The van der Waals surface area contributed by atoms with E-state index >= 15 is 0 Å². The molecule has 0 atom stereocenters. The van der Waals surface area contributed by atoms with Crippen LogP contribution in [-0.2, 0) is 0 Å². The number of carbonyl (C=O) groups excluding carboxylic acids is 1. The molecule has 0 aliphatic rings. The smallest absolute Gasteiger partial charge is 0.257 e. The van der Waals surface area contributed by atoms with E-state index in [2.05, 4.69) is 52.0 Å². The predicted molar refractivity (Wildman–Crippen MR) is 90.3 cm³/mol. The molecule has 1 aromatic heterocycles. The highest BCUT2D eigenvalue weighted by molar-refractivity contribution is 14.1. The maximum Gasteiger partial charge on any atom is 0.257 e. The summed E-state index contributed by atoms with van der Waals surface area (Å²) in [7, 11) is 0. The number of hydrogen-bond acceptors (Lipinski definition) is 4. The van der Waals surface area contributed by atoms with Gasteiger partial charge in [-0.2, -0.15) is 0 Å². The van der Waals surface area contributed by atoms with Gasteiger partial charge in [-0.25, -0.2) is 0 Å². The van der Waals surface area contributed by atoms with Crippen molar-refractivity contribution >= 4 is 45.0 Å². The quantitative estimate of drug-likeness (QED) is 0.761. The van der Waals surface area contributed by atoms with Crippen LogP contribution in [0.2, 0.25) is 0 Å². The SMILES string of the molecule is CCC(CC)c1nnc(NC(=O)c2ccc(I)cc2)s1. The Bertz CT molecular complexity index is 578. The molecule has 2 aromatic rings. The lowest BCUT2D eigenvalue weighted by Gasteiger charge is -2.05. The van der Waals surface area contributed by atoms with Crippen LogP contribution in [0.5, 0.6) is 0 Å². The molecule has 106 valence electrons. The monoisotopic (exact) mass is 401 g/mol. The normalized spacial score (nSPS) is 10.8. The molecule has 1 heterocycles. The van der Waals surface area contributed by atoms with E-state index in [0.29, 0.717) is 16.6 Å². The van der Waals surface area contributed by atoms with Gasteiger partial charge in [0.25, 0.3) is 5.91 Å². The summed E-state index contributed by atoms with van der Waals surface area (Å²) in [6, 6.07) is 7.43. The highest BCUT2D eigenvalue weighted by Gasteiger charge is 2.15. The van der Waals surface area contributed by atoms with Crippen LogP contribution >= 0.6 is 33.9 Å². The van der Waals surface area contributed by atoms with Gasteiger partial charge in [-0.3, -0.25) is 10.1 Å². The maximum atomic E-state index is 12.1. The lowest BCUT2D eigenvalue weighted by Crippen LogP contribution is -2.11. The lowest BCUT2D eigenvalue weighted by molar-refractivity contribution is 0.102. The number of carbonyl (C=O) groups is 1. The van der Waals surface area contributed by atoms with Crippen LogP contribution in [0.4, 0.5) is 5.13 Å². The van der Waals surface area contributed by atoms with E-state index in [1.54, 1.807) is 12.1 Å². The van der Waals surface area contributed by atoms with Crippen LogP contribution < -0.4 is 5.32 Å². The Morgan fingerprint density at radius 2 is 1.90 bits per heavy atom. The summed E-state index contributed by atoms with van der Waals surface area (Å²) in [5.74, 6) is 0.283. The number of nitrogens with one attached hydrogen (secondary N) is 1. The molecule has 0 aliphatic heterocycles.